The van der Waals surface area contributed by atoms with Gasteiger partial charge in [-0.1, -0.05) is 41.5 Å². The van der Waals surface area contributed by atoms with Crippen molar-refractivity contribution in [3.63, 3.8) is 0 Å². The Morgan fingerprint density at radius 2 is 1.91 bits per heavy atom. The molecule has 3 rings (SSSR count). The topological polar surface area (TPSA) is 32.3 Å². The molecule has 1 N–H and O–H groups in total. The van der Waals surface area contributed by atoms with E-state index < -0.39 is 0 Å². The van der Waals surface area contributed by atoms with Crippen LogP contribution >= 0.6 is 0 Å². The Labute approximate surface area is 139 Å². The van der Waals surface area contributed by atoms with Gasteiger partial charge in [-0.05, 0) is 45.7 Å². The smallest absolute Gasteiger partial charge is 0.222 e. The van der Waals surface area contributed by atoms with Crippen molar-refractivity contribution in [1.82, 2.24) is 5.32 Å². The van der Waals surface area contributed by atoms with Gasteiger partial charge >= 0.3 is 0 Å². The van der Waals surface area contributed by atoms with Crippen molar-refractivity contribution in [3.05, 3.63) is 53.1 Å². The van der Waals surface area contributed by atoms with Crippen molar-refractivity contribution >= 4 is 11.6 Å². The van der Waals surface area contributed by atoms with E-state index in [1.54, 1.807) is 0 Å². The van der Waals surface area contributed by atoms with E-state index in [0.717, 1.165) is 13.0 Å². The van der Waals surface area contributed by atoms with Crippen molar-refractivity contribution < 1.29 is 4.79 Å². The summed E-state index contributed by atoms with van der Waals surface area (Å²) < 4.78 is 0. The number of hydrogen-bond acceptors (Lipinski definition) is 2. The van der Waals surface area contributed by atoms with Crippen LogP contribution in [0.5, 0.6) is 0 Å². The number of allylic oxidation sites excluding steroid dienone is 3. The van der Waals surface area contributed by atoms with E-state index in [0.29, 0.717) is 6.42 Å². The fraction of sp³-hybridized carbons (Fsp3) is 0.450. The lowest BCUT2D eigenvalue weighted by molar-refractivity contribution is -0.119. The predicted octanol–water partition coefficient (Wildman–Crippen LogP) is 3.91. The maximum absolute atomic E-state index is 12.2. The standard InChI is InChI=1S/C20H26N2O/c1-14(2)9-11-20-13-18(23)21-19(20)22(12-10-15(3)4)17-8-6-5-7-16(17)20/h5-10,19H,11-13H2,1-4H3,(H,21,23)/t19?,20-/m1/s1. The average molecular weight is 310 g/mol. The van der Waals surface area contributed by atoms with Gasteiger partial charge in [-0.25, -0.2) is 0 Å². The quantitative estimate of drug-likeness (QED) is 0.855. The van der Waals surface area contributed by atoms with Crippen LogP contribution in [0.1, 0.15) is 46.1 Å². The third-order valence-electron chi connectivity index (χ3n) is 4.93. The third kappa shape index (κ3) is 2.69. The molecule has 1 unspecified atom stereocenters. The Morgan fingerprint density at radius 1 is 1.22 bits per heavy atom. The Kier molecular flexibility index (Phi) is 4.05. The molecule has 0 bridgehead atoms. The molecule has 1 aromatic rings. The number of carbonyl (C=O) groups excluding carboxylic acids is 1. The molecule has 23 heavy (non-hydrogen) atoms. The molecule has 1 saturated heterocycles. The monoisotopic (exact) mass is 310 g/mol. The van der Waals surface area contributed by atoms with Gasteiger partial charge < -0.3 is 10.2 Å². The largest absolute Gasteiger partial charge is 0.346 e. The molecule has 2 heterocycles. The highest BCUT2D eigenvalue weighted by Gasteiger charge is 2.55. The molecular formula is C20H26N2O. The lowest BCUT2D eigenvalue weighted by Gasteiger charge is -2.32. The van der Waals surface area contributed by atoms with E-state index in [1.165, 1.54) is 22.4 Å². The minimum atomic E-state index is -0.138. The molecule has 3 heteroatoms. The summed E-state index contributed by atoms with van der Waals surface area (Å²) in [5, 5.41) is 3.23. The number of anilines is 1. The molecule has 0 aliphatic carbocycles. The first-order valence-corrected chi connectivity index (χ1v) is 8.36. The van der Waals surface area contributed by atoms with Gasteiger partial charge in [0.1, 0.15) is 6.17 Å². The first-order chi connectivity index (χ1) is 10.9. The van der Waals surface area contributed by atoms with Crippen LogP contribution < -0.4 is 10.2 Å². The van der Waals surface area contributed by atoms with Crippen molar-refractivity contribution in [2.24, 2.45) is 0 Å². The SMILES string of the molecule is CC(C)=CCN1c2ccccc2[C@@]2(CC=C(C)C)CC(=O)NC12. The van der Waals surface area contributed by atoms with E-state index in [9.17, 15) is 4.79 Å². The van der Waals surface area contributed by atoms with Gasteiger partial charge in [0.15, 0.2) is 0 Å². The zero-order chi connectivity index (χ0) is 16.6. The van der Waals surface area contributed by atoms with Gasteiger partial charge in [0.25, 0.3) is 0 Å². The van der Waals surface area contributed by atoms with Crippen LogP contribution in [0, 0.1) is 0 Å². The Morgan fingerprint density at radius 3 is 2.61 bits per heavy atom. The van der Waals surface area contributed by atoms with Gasteiger partial charge in [0.05, 0.1) is 0 Å². The summed E-state index contributed by atoms with van der Waals surface area (Å²) in [7, 11) is 0. The fourth-order valence-corrected chi connectivity index (χ4v) is 3.79. The van der Waals surface area contributed by atoms with E-state index in [2.05, 4.69) is 74.3 Å². The van der Waals surface area contributed by atoms with Crippen LogP contribution in [-0.4, -0.2) is 18.6 Å². The van der Waals surface area contributed by atoms with Crippen LogP contribution in [0.25, 0.3) is 0 Å². The molecule has 1 amide bonds. The van der Waals surface area contributed by atoms with E-state index in [-0.39, 0.29) is 17.5 Å². The first-order valence-electron chi connectivity index (χ1n) is 8.36. The highest BCUT2D eigenvalue weighted by atomic mass is 16.2. The first kappa shape index (κ1) is 15.9. The number of nitrogens with one attached hydrogen (secondary N) is 1. The van der Waals surface area contributed by atoms with E-state index in [4.69, 9.17) is 0 Å². The van der Waals surface area contributed by atoms with Crippen LogP contribution in [0.3, 0.4) is 0 Å². The maximum atomic E-state index is 12.2. The Balaban J connectivity index is 2.07. The highest BCUT2D eigenvalue weighted by molar-refractivity contribution is 5.86. The molecule has 2 aliphatic rings. The molecular weight excluding hydrogens is 284 g/mol. The minimum Gasteiger partial charge on any atom is -0.346 e. The molecule has 0 saturated carbocycles. The number of para-hydroxylation sites is 1. The highest BCUT2D eigenvalue weighted by Crippen LogP contribution is 2.51. The van der Waals surface area contributed by atoms with Crippen molar-refractivity contribution in [2.45, 2.75) is 52.1 Å². The van der Waals surface area contributed by atoms with Crippen molar-refractivity contribution in [2.75, 3.05) is 11.4 Å². The second-order valence-corrected chi connectivity index (χ2v) is 7.24. The summed E-state index contributed by atoms with van der Waals surface area (Å²) in [6.45, 7) is 9.31. The fourth-order valence-electron chi connectivity index (χ4n) is 3.79. The Bertz CT molecular complexity index is 681. The molecule has 3 nitrogen and oxygen atoms in total. The summed E-state index contributed by atoms with van der Waals surface area (Å²) in [6.07, 6.45) is 6.04. The third-order valence-corrected chi connectivity index (χ3v) is 4.93. The lowest BCUT2D eigenvalue weighted by atomic mass is 9.76. The number of benzene rings is 1. The second-order valence-electron chi connectivity index (χ2n) is 7.24. The summed E-state index contributed by atoms with van der Waals surface area (Å²) in [5.41, 5.74) is 5.03. The molecule has 122 valence electrons. The zero-order valence-electron chi connectivity index (χ0n) is 14.5. The van der Waals surface area contributed by atoms with Crippen molar-refractivity contribution in [3.8, 4) is 0 Å². The number of fused-ring (bicyclic) bond motifs is 3. The lowest BCUT2D eigenvalue weighted by Crippen LogP contribution is -2.48. The number of rotatable bonds is 4. The molecule has 2 aliphatic heterocycles. The van der Waals surface area contributed by atoms with Gasteiger partial charge in [-0.3, -0.25) is 4.79 Å². The average Bonchev–Trinajstić information content (AvgIpc) is 2.94. The molecule has 1 fully saturated rings. The summed E-state index contributed by atoms with van der Waals surface area (Å²) in [5.74, 6) is 0.161. The molecule has 0 aromatic heterocycles. The van der Waals surface area contributed by atoms with Gasteiger partial charge in [0, 0.05) is 24.1 Å². The number of amides is 1. The Hall–Kier alpha value is -2.03. The predicted molar refractivity (Wildman–Crippen MR) is 95.5 cm³/mol. The normalized spacial score (nSPS) is 24.8. The number of hydrogen-bond donors (Lipinski definition) is 1. The van der Waals surface area contributed by atoms with Crippen LogP contribution in [0.2, 0.25) is 0 Å². The maximum Gasteiger partial charge on any atom is 0.222 e. The van der Waals surface area contributed by atoms with Crippen LogP contribution in [0.15, 0.2) is 47.6 Å². The molecule has 0 radical (unpaired) electrons. The van der Waals surface area contributed by atoms with Gasteiger partial charge in [0.2, 0.25) is 5.91 Å². The van der Waals surface area contributed by atoms with Gasteiger partial charge in [-0.2, -0.15) is 0 Å². The molecule has 2 atom stereocenters. The summed E-state index contributed by atoms with van der Waals surface area (Å²) in [6, 6.07) is 8.56. The number of carbonyl (C=O) groups is 1. The summed E-state index contributed by atoms with van der Waals surface area (Å²) >= 11 is 0. The summed E-state index contributed by atoms with van der Waals surface area (Å²) in [4.78, 5) is 14.6. The van der Waals surface area contributed by atoms with Gasteiger partial charge in [-0.15, -0.1) is 0 Å². The van der Waals surface area contributed by atoms with Crippen LogP contribution in [0.4, 0.5) is 5.69 Å². The van der Waals surface area contributed by atoms with E-state index >= 15 is 0 Å². The van der Waals surface area contributed by atoms with E-state index in [1.807, 2.05) is 0 Å². The number of nitrogens with zero attached hydrogens (tertiary/aromatic N) is 1. The molecule has 1 aromatic carbocycles. The second kappa shape index (κ2) is 5.88. The zero-order valence-corrected chi connectivity index (χ0v) is 14.5. The molecule has 0 spiro atoms. The van der Waals surface area contributed by atoms with Crippen molar-refractivity contribution in [1.29, 1.82) is 0 Å². The minimum absolute atomic E-state index is 0.0543. The van der Waals surface area contributed by atoms with Crippen LogP contribution in [-0.2, 0) is 10.2 Å².